The van der Waals surface area contributed by atoms with Crippen molar-refractivity contribution in [2.24, 2.45) is 0 Å². The molecule has 0 saturated carbocycles. The summed E-state index contributed by atoms with van der Waals surface area (Å²) < 4.78 is 27.6. The number of anilines is 1. The average Bonchev–Trinajstić information content (AvgIpc) is 2.31. The molecule has 1 aromatic heterocycles. The SMILES string of the molecule is Cc1cc(C)nc(NS(=O)(=O)c2cc(C)c(Cl)cc2C)c1. The van der Waals surface area contributed by atoms with Gasteiger partial charge in [-0.05, 0) is 68.7 Å². The molecule has 0 unspecified atom stereocenters. The van der Waals surface area contributed by atoms with E-state index in [1.54, 1.807) is 32.0 Å². The highest BCUT2D eigenvalue weighted by Crippen LogP contribution is 2.25. The summed E-state index contributed by atoms with van der Waals surface area (Å²) in [6.45, 7) is 7.21. The molecular formula is C15H17ClN2O2S. The first-order valence-electron chi connectivity index (χ1n) is 6.44. The van der Waals surface area contributed by atoms with E-state index in [2.05, 4.69) is 9.71 Å². The van der Waals surface area contributed by atoms with Crippen LogP contribution in [0, 0.1) is 27.7 Å². The number of nitrogens with zero attached hydrogens (tertiary/aromatic N) is 1. The molecule has 1 N–H and O–H groups in total. The van der Waals surface area contributed by atoms with Gasteiger partial charge in [0, 0.05) is 10.7 Å². The molecule has 0 aliphatic rings. The molecule has 112 valence electrons. The zero-order chi connectivity index (χ0) is 15.8. The predicted molar refractivity (Wildman–Crippen MR) is 85.4 cm³/mol. The number of nitrogens with one attached hydrogen (secondary N) is 1. The highest BCUT2D eigenvalue weighted by Gasteiger charge is 2.19. The number of rotatable bonds is 3. The number of sulfonamides is 1. The standard InChI is InChI=1S/C15H17ClN2O2S/c1-9-5-12(4)17-15(6-9)18-21(19,20)14-8-10(2)13(16)7-11(14)3/h5-8H,1-4H3,(H,17,18). The Balaban J connectivity index is 2.45. The third kappa shape index (κ3) is 3.54. The van der Waals surface area contributed by atoms with E-state index in [1.807, 2.05) is 19.9 Å². The number of hydrogen-bond donors (Lipinski definition) is 1. The van der Waals surface area contributed by atoms with E-state index in [0.29, 0.717) is 16.4 Å². The normalized spacial score (nSPS) is 11.5. The maximum atomic E-state index is 12.5. The van der Waals surface area contributed by atoms with Gasteiger partial charge in [-0.1, -0.05) is 11.6 Å². The Morgan fingerprint density at radius 1 is 1.00 bits per heavy atom. The molecule has 2 aromatic rings. The van der Waals surface area contributed by atoms with Gasteiger partial charge in [-0.25, -0.2) is 13.4 Å². The van der Waals surface area contributed by atoms with Crippen molar-refractivity contribution in [2.45, 2.75) is 32.6 Å². The van der Waals surface area contributed by atoms with Gasteiger partial charge in [-0.15, -0.1) is 0 Å². The molecule has 0 atom stereocenters. The highest BCUT2D eigenvalue weighted by molar-refractivity contribution is 7.92. The quantitative estimate of drug-likeness (QED) is 0.935. The minimum Gasteiger partial charge on any atom is -0.263 e. The van der Waals surface area contributed by atoms with Gasteiger partial charge in [-0.2, -0.15) is 0 Å². The monoisotopic (exact) mass is 324 g/mol. The smallest absolute Gasteiger partial charge is 0.263 e. The molecule has 0 radical (unpaired) electrons. The third-order valence-corrected chi connectivity index (χ3v) is 4.99. The summed E-state index contributed by atoms with van der Waals surface area (Å²) >= 11 is 6.01. The van der Waals surface area contributed by atoms with Crippen LogP contribution >= 0.6 is 11.6 Å². The Labute approximate surface area is 130 Å². The van der Waals surface area contributed by atoms with Gasteiger partial charge in [0.25, 0.3) is 10.0 Å². The summed E-state index contributed by atoms with van der Waals surface area (Å²) in [5.74, 6) is 0.319. The van der Waals surface area contributed by atoms with Gasteiger partial charge in [0.05, 0.1) is 4.90 Å². The van der Waals surface area contributed by atoms with Crippen LogP contribution in [0.3, 0.4) is 0 Å². The number of halogens is 1. The number of hydrogen-bond acceptors (Lipinski definition) is 3. The first-order valence-corrected chi connectivity index (χ1v) is 8.30. The van der Waals surface area contributed by atoms with Crippen LogP contribution in [-0.4, -0.2) is 13.4 Å². The van der Waals surface area contributed by atoms with Crippen LogP contribution in [-0.2, 0) is 10.0 Å². The molecule has 0 bridgehead atoms. The summed E-state index contributed by atoms with van der Waals surface area (Å²) in [7, 11) is -3.69. The van der Waals surface area contributed by atoms with Gasteiger partial charge in [0.15, 0.2) is 0 Å². The number of aryl methyl sites for hydroxylation is 4. The van der Waals surface area contributed by atoms with Gasteiger partial charge >= 0.3 is 0 Å². The first-order chi connectivity index (χ1) is 9.69. The molecule has 0 amide bonds. The second-order valence-electron chi connectivity index (χ2n) is 5.14. The van der Waals surface area contributed by atoms with Crippen molar-refractivity contribution < 1.29 is 8.42 Å². The summed E-state index contributed by atoms with van der Waals surface area (Å²) in [6.07, 6.45) is 0. The molecule has 1 heterocycles. The fraction of sp³-hybridized carbons (Fsp3) is 0.267. The van der Waals surface area contributed by atoms with Crippen LogP contribution in [0.4, 0.5) is 5.82 Å². The van der Waals surface area contributed by atoms with Gasteiger partial charge < -0.3 is 0 Å². The average molecular weight is 325 g/mol. The van der Waals surface area contributed by atoms with Crippen molar-refractivity contribution in [2.75, 3.05) is 4.72 Å². The maximum absolute atomic E-state index is 12.5. The topological polar surface area (TPSA) is 59.1 Å². The van der Waals surface area contributed by atoms with E-state index in [4.69, 9.17) is 11.6 Å². The summed E-state index contributed by atoms with van der Waals surface area (Å²) in [5.41, 5.74) is 3.03. The number of aromatic nitrogens is 1. The molecule has 0 aliphatic heterocycles. The first kappa shape index (κ1) is 15.8. The predicted octanol–water partition coefficient (Wildman–Crippen LogP) is 3.77. The molecule has 4 nitrogen and oxygen atoms in total. The maximum Gasteiger partial charge on any atom is 0.263 e. The molecule has 21 heavy (non-hydrogen) atoms. The number of pyridine rings is 1. The molecular weight excluding hydrogens is 308 g/mol. The molecule has 0 fully saturated rings. The van der Waals surface area contributed by atoms with Gasteiger partial charge in [0.2, 0.25) is 0 Å². The fourth-order valence-corrected chi connectivity index (χ4v) is 3.65. The third-order valence-electron chi connectivity index (χ3n) is 3.08. The minimum atomic E-state index is -3.69. The van der Waals surface area contributed by atoms with Crippen molar-refractivity contribution in [1.29, 1.82) is 0 Å². The van der Waals surface area contributed by atoms with Crippen molar-refractivity contribution in [1.82, 2.24) is 4.98 Å². The molecule has 0 aliphatic carbocycles. The lowest BCUT2D eigenvalue weighted by Crippen LogP contribution is -2.15. The van der Waals surface area contributed by atoms with Crippen molar-refractivity contribution in [3.63, 3.8) is 0 Å². The van der Waals surface area contributed by atoms with E-state index >= 15 is 0 Å². The Morgan fingerprint density at radius 3 is 2.29 bits per heavy atom. The van der Waals surface area contributed by atoms with Crippen LogP contribution < -0.4 is 4.72 Å². The molecule has 6 heteroatoms. The van der Waals surface area contributed by atoms with Crippen LogP contribution in [0.15, 0.2) is 29.2 Å². The molecule has 1 aromatic carbocycles. The second-order valence-corrected chi connectivity index (χ2v) is 7.20. The lowest BCUT2D eigenvalue weighted by Gasteiger charge is -2.12. The van der Waals surface area contributed by atoms with E-state index < -0.39 is 10.0 Å². The van der Waals surface area contributed by atoms with Crippen molar-refractivity contribution in [3.05, 3.63) is 51.7 Å². The molecule has 2 rings (SSSR count). The largest absolute Gasteiger partial charge is 0.263 e. The van der Waals surface area contributed by atoms with E-state index in [0.717, 1.165) is 16.8 Å². The summed E-state index contributed by atoms with van der Waals surface area (Å²) in [6, 6.07) is 6.81. The Kier molecular flexibility index (Phi) is 4.25. The van der Waals surface area contributed by atoms with Crippen LogP contribution in [0.25, 0.3) is 0 Å². The van der Waals surface area contributed by atoms with E-state index in [9.17, 15) is 8.42 Å². The van der Waals surface area contributed by atoms with Crippen LogP contribution in [0.1, 0.15) is 22.4 Å². The van der Waals surface area contributed by atoms with Crippen LogP contribution in [0.5, 0.6) is 0 Å². The Hall–Kier alpha value is -1.59. The minimum absolute atomic E-state index is 0.213. The molecule has 0 spiro atoms. The van der Waals surface area contributed by atoms with E-state index in [1.165, 1.54) is 0 Å². The molecule has 0 saturated heterocycles. The lowest BCUT2D eigenvalue weighted by molar-refractivity contribution is 0.600. The fourth-order valence-electron chi connectivity index (χ4n) is 2.13. The summed E-state index contributed by atoms with van der Waals surface area (Å²) in [5, 5.41) is 0.552. The van der Waals surface area contributed by atoms with Crippen molar-refractivity contribution >= 4 is 27.4 Å². The lowest BCUT2D eigenvalue weighted by atomic mass is 10.2. The zero-order valence-electron chi connectivity index (χ0n) is 12.4. The second kappa shape index (κ2) is 5.66. The Morgan fingerprint density at radius 2 is 1.67 bits per heavy atom. The zero-order valence-corrected chi connectivity index (χ0v) is 13.9. The van der Waals surface area contributed by atoms with Gasteiger partial charge in [0.1, 0.15) is 5.82 Å². The van der Waals surface area contributed by atoms with Gasteiger partial charge in [-0.3, -0.25) is 4.72 Å². The van der Waals surface area contributed by atoms with E-state index in [-0.39, 0.29) is 4.90 Å². The van der Waals surface area contributed by atoms with Crippen LogP contribution in [0.2, 0.25) is 5.02 Å². The van der Waals surface area contributed by atoms with Crippen molar-refractivity contribution in [3.8, 4) is 0 Å². The Bertz CT molecular complexity index is 781. The number of benzene rings is 1. The summed E-state index contributed by atoms with van der Waals surface area (Å²) in [4.78, 5) is 4.41. The highest BCUT2D eigenvalue weighted by atomic mass is 35.5.